The monoisotopic (exact) mass is 300 g/mol. The van der Waals surface area contributed by atoms with E-state index in [9.17, 15) is 14.5 Å². The van der Waals surface area contributed by atoms with Crippen LogP contribution in [0.15, 0.2) is 18.2 Å². The summed E-state index contributed by atoms with van der Waals surface area (Å²) in [6.07, 6.45) is 4.80. The maximum Gasteiger partial charge on any atom is 0.295 e. The van der Waals surface area contributed by atoms with E-state index in [2.05, 4.69) is 19.2 Å². The van der Waals surface area contributed by atoms with Crippen molar-refractivity contribution in [1.29, 1.82) is 0 Å². The summed E-state index contributed by atoms with van der Waals surface area (Å²) in [5.41, 5.74) is 0.147. The van der Waals surface area contributed by atoms with E-state index in [1.54, 1.807) is 11.8 Å². The van der Waals surface area contributed by atoms with Crippen molar-refractivity contribution < 1.29 is 9.31 Å². The van der Waals surface area contributed by atoms with Crippen LogP contribution in [0.25, 0.3) is 0 Å². The quantitative estimate of drug-likeness (QED) is 0.308. The summed E-state index contributed by atoms with van der Waals surface area (Å²) in [4.78, 5) is 10.3. The van der Waals surface area contributed by atoms with Crippen molar-refractivity contribution in [3.05, 3.63) is 34.1 Å². The van der Waals surface area contributed by atoms with Gasteiger partial charge in [-0.1, -0.05) is 33.1 Å². The van der Waals surface area contributed by atoms with Crippen LogP contribution in [0, 0.1) is 15.9 Å². The van der Waals surface area contributed by atoms with Crippen LogP contribution in [0.5, 0.6) is 0 Å². The Morgan fingerprint density at radius 1 is 1.45 bits per heavy atom. The van der Waals surface area contributed by atoms with E-state index in [4.69, 9.17) is 0 Å². The van der Waals surface area contributed by atoms with Crippen molar-refractivity contribution in [2.45, 2.75) is 44.8 Å². The van der Waals surface area contributed by atoms with Crippen molar-refractivity contribution in [2.75, 3.05) is 11.2 Å². The highest BCUT2D eigenvalue weighted by molar-refractivity contribution is 7.99. The molecule has 0 saturated heterocycles. The highest BCUT2D eigenvalue weighted by atomic mass is 32.2. The first kappa shape index (κ1) is 16.8. The van der Waals surface area contributed by atoms with Gasteiger partial charge in [-0.15, -0.1) is 11.8 Å². The molecule has 1 N–H and O–H groups in total. The van der Waals surface area contributed by atoms with E-state index in [1.807, 2.05) is 0 Å². The van der Waals surface area contributed by atoms with E-state index in [-0.39, 0.29) is 5.69 Å². The summed E-state index contributed by atoms with van der Waals surface area (Å²) in [5.74, 6) is -0.0115. The van der Waals surface area contributed by atoms with Crippen LogP contribution in [-0.2, 0) is 0 Å². The van der Waals surface area contributed by atoms with Gasteiger partial charge >= 0.3 is 0 Å². The number of halogens is 1. The number of nitro groups is 1. The maximum absolute atomic E-state index is 13.0. The maximum atomic E-state index is 13.0. The van der Waals surface area contributed by atoms with E-state index in [1.165, 1.54) is 31.4 Å². The minimum atomic E-state index is -0.595. The molecular weight excluding hydrogens is 279 g/mol. The van der Waals surface area contributed by atoms with Crippen molar-refractivity contribution in [3.63, 3.8) is 0 Å². The van der Waals surface area contributed by atoms with Crippen molar-refractivity contribution >= 4 is 23.1 Å². The molecule has 1 rings (SSSR count). The average molecular weight is 300 g/mol. The molecule has 0 bridgehead atoms. The van der Waals surface area contributed by atoms with Gasteiger partial charge in [-0.2, -0.15) is 0 Å². The Labute approximate surface area is 123 Å². The summed E-state index contributed by atoms with van der Waals surface area (Å²) in [6.45, 7) is 4.33. The van der Waals surface area contributed by atoms with Gasteiger partial charge in [-0.05, 0) is 18.6 Å². The molecule has 0 aliphatic rings. The number of hydrogen-bond donors (Lipinski definition) is 1. The molecule has 0 fully saturated rings. The van der Waals surface area contributed by atoms with Crippen LogP contribution in [-0.4, -0.2) is 16.1 Å². The molecule has 1 atom stereocenters. The lowest BCUT2D eigenvalue weighted by Gasteiger charge is -2.12. The smallest absolute Gasteiger partial charge is 0.295 e. The zero-order valence-corrected chi connectivity index (χ0v) is 12.7. The summed E-state index contributed by atoms with van der Waals surface area (Å²) in [5, 5.41) is 14.3. The third kappa shape index (κ3) is 5.77. The Bertz CT molecular complexity index is 443. The normalized spacial score (nSPS) is 12.2. The highest BCUT2D eigenvalue weighted by Gasteiger charge is 2.14. The van der Waals surface area contributed by atoms with E-state index in [0.29, 0.717) is 16.8 Å². The number of benzene rings is 1. The Morgan fingerprint density at radius 3 is 2.85 bits per heavy atom. The number of thioether (sulfide) groups is 1. The molecule has 1 aromatic carbocycles. The van der Waals surface area contributed by atoms with Crippen LogP contribution in [0.1, 0.15) is 39.5 Å². The second kappa shape index (κ2) is 8.79. The van der Waals surface area contributed by atoms with Gasteiger partial charge in [-0.25, -0.2) is 4.39 Å². The number of rotatable bonds is 9. The second-order valence-electron chi connectivity index (χ2n) is 4.71. The number of nitrogens with zero attached hydrogens (tertiary/aromatic N) is 1. The molecule has 112 valence electrons. The first-order valence-electron chi connectivity index (χ1n) is 6.84. The number of hydrogen-bond acceptors (Lipinski definition) is 4. The average Bonchev–Trinajstić information content (AvgIpc) is 2.40. The van der Waals surface area contributed by atoms with Gasteiger partial charge in [0, 0.05) is 5.25 Å². The lowest BCUT2D eigenvalue weighted by Crippen LogP contribution is -2.06. The zero-order chi connectivity index (χ0) is 15.0. The van der Waals surface area contributed by atoms with Gasteiger partial charge < -0.3 is 5.32 Å². The molecular formula is C14H21FN2O2S. The molecule has 1 aromatic rings. The second-order valence-corrected chi connectivity index (χ2v) is 6.14. The van der Waals surface area contributed by atoms with Gasteiger partial charge in [0.1, 0.15) is 11.5 Å². The molecule has 0 saturated carbocycles. The third-order valence-electron chi connectivity index (χ3n) is 3.00. The molecule has 20 heavy (non-hydrogen) atoms. The van der Waals surface area contributed by atoms with Crippen LogP contribution >= 0.6 is 11.8 Å². The van der Waals surface area contributed by atoms with Gasteiger partial charge in [0.15, 0.2) is 0 Å². The molecule has 0 aromatic heterocycles. The molecule has 4 nitrogen and oxygen atoms in total. The van der Waals surface area contributed by atoms with Gasteiger partial charge in [0.2, 0.25) is 0 Å². The molecule has 0 radical (unpaired) electrons. The Kier molecular flexibility index (Phi) is 7.36. The van der Waals surface area contributed by atoms with Crippen molar-refractivity contribution in [1.82, 2.24) is 0 Å². The van der Waals surface area contributed by atoms with Gasteiger partial charge in [-0.3, -0.25) is 10.1 Å². The van der Waals surface area contributed by atoms with E-state index in [0.717, 1.165) is 12.5 Å². The number of nitro benzene ring substituents is 1. The number of anilines is 1. The molecule has 0 unspecified atom stereocenters. The lowest BCUT2D eigenvalue weighted by molar-refractivity contribution is -0.384. The minimum Gasteiger partial charge on any atom is -0.370 e. The topological polar surface area (TPSA) is 55.2 Å². The summed E-state index contributed by atoms with van der Waals surface area (Å²) in [7, 11) is 0. The van der Waals surface area contributed by atoms with Gasteiger partial charge in [0.25, 0.3) is 5.69 Å². The van der Waals surface area contributed by atoms with E-state index >= 15 is 0 Å². The molecule has 0 amide bonds. The molecule has 6 heteroatoms. The predicted molar refractivity (Wildman–Crippen MR) is 82.7 cm³/mol. The first-order chi connectivity index (χ1) is 9.54. The fourth-order valence-corrected chi connectivity index (χ4v) is 2.69. The molecule has 0 aliphatic heterocycles. The lowest BCUT2D eigenvalue weighted by atomic mass is 10.2. The Hall–Kier alpha value is -1.30. The Morgan fingerprint density at radius 2 is 2.20 bits per heavy atom. The summed E-state index contributed by atoms with van der Waals surface area (Å²) in [6, 6.07) is 3.58. The number of nitrogens with one attached hydrogen (secondary N) is 1. The van der Waals surface area contributed by atoms with E-state index < -0.39 is 10.7 Å². The minimum absolute atomic E-state index is 0.218. The Balaban J connectivity index is 2.44. The fourth-order valence-electron chi connectivity index (χ4n) is 1.83. The summed E-state index contributed by atoms with van der Waals surface area (Å²) < 4.78 is 13.0. The standard InChI is InChI=1S/C14H21FN2O2S/c1-3-4-5-6-11(2)20-10-16-13-8-7-12(15)9-14(13)17(18)19/h7-9,11,16H,3-6,10H2,1-2H3/t11-/m0/s1. The van der Waals surface area contributed by atoms with Crippen LogP contribution < -0.4 is 5.32 Å². The van der Waals surface area contributed by atoms with Crippen LogP contribution in [0.4, 0.5) is 15.8 Å². The van der Waals surface area contributed by atoms with Crippen LogP contribution in [0.2, 0.25) is 0 Å². The fraction of sp³-hybridized carbons (Fsp3) is 0.571. The van der Waals surface area contributed by atoms with Crippen molar-refractivity contribution in [2.24, 2.45) is 0 Å². The zero-order valence-electron chi connectivity index (χ0n) is 11.9. The van der Waals surface area contributed by atoms with Crippen LogP contribution in [0.3, 0.4) is 0 Å². The third-order valence-corrected chi connectivity index (χ3v) is 4.12. The molecule has 0 spiro atoms. The SMILES string of the molecule is CCCCC[C@H](C)SCNc1ccc(F)cc1[N+](=O)[O-]. The van der Waals surface area contributed by atoms with Gasteiger partial charge in [0.05, 0.1) is 16.9 Å². The number of unbranched alkanes of at least 4 members (excludes halogenated alkanes) is 2. The molecule has 0 heterocycles. The van der Waals surface area contributed by atoms with Crippen molar-refractivity contribution in [3.8, 4) is 0 Å². The molecule has 0 aliphatic carbocycles. The summed E-state index contributed by atoms with van der Waals surface area (Å²) >= 11 is 1.72. The largest absolute Gasteiger partial charge is 0.370 e. The predicted octanol–water partition coefficient (Wildman–Crippen LogP) is 4.81. The highest BCUT2D eigenvalue weighted by Crippen LogP contribution is 2.26. The first-order valence-corrected chi connectivity index (χ1v) is 7.89.